The lowest BCUT2D eigenvalue weighted by Gasteiger charge is -2.23. The van der Waals surface area contributed by atoms with Crippen molar-refractivity contribution in [3.63, 3.8) is 0 Å². The van der Waals surface area contributed by atoms with Gasteiger partial charge < -0.3 is 9.64 Å². The summed E-state index contributed by atoms with van der Waals surface area (Å²) >= 11 is 0. The number of sulfonamides is 1. The highest BCUT2D eigenvalue weighted by Gasteiger charge is 2.19. The van der Waals surface area contributed by atoms with Crippen molar-refractivity contribution in [2.24, 2.45) is 11.1 Å². The third-order valence-corrected chi connectivity index (χ3v) is 4.10. The largest absolute Gasteiger partial charge is 0.469 e. The number of carbonyl (C=O) groups excluding carboxylic acids is 2. The van der Waals surface area contributed by atoms with Gasteiger partial charge in [-0.05, 0) is 17.7 Å². The van der Waals surface area contributed by atoms with E-state index in [2.05, 4.69) is 4.74 Å². The Morgan fingerprint density at radius 2 is 1.82 bits per heavy atom. The first-order chi connectivity index (χ1) is 10.1. The summed E-state index contributed by atoms with van der Waals surface area (Å²) in [6.45, 7) is 3.56. The maximum absolute atomic E-state index is 11.7. The number of esters is 1. The molecule has 0 aliphatic rings. The molecule has 1 aromatic carbocycles. The molecule has 22 heavy (non-hydrogen) atoms. The van der Waals surface area contributed by atoms with Crippen LogP contribution in [0.25, 0.3) is 0 Å². The van der Waals surface area contributed by atoms with E-state index in [9.17, 15) is 18.0 Å². The maximum atomic E-state index is 11.7. The van der Waals surface area contributed by atoms with E-state index in [0.29, 0.717) is 0 Å². The van der Waals surface area contributed by atoms with E-state index < -0.39 is 21.9 Å². The molecule has 8 heteroatoms. The molecule has 0 saturated carbocycles. The molecule has 1 rings (SSSR count). The van der Waals surface area contributed by atoms with Gasteiger partial charge in [0, 0.05) is 20.0 Å². The molecule has 0 aliphatic heterocycles. The molecular weight excluding hydrogens is 308 g/mol. The van der Waals surface area contributed by atoms with Crippen LogP contribution < -0.4 is 5.14 Å². The second-order valence-electron chi connectivity index (χ2n) is 5.01. The third kappa shape index (κ3) is 5.12. The van der Waals surface area contributed by atoms with Gasteiger partial charge in [0.1, 0.15) is 0 Å². The van der Waals surface area contributed by atoms with Gasteiger partial charge in [0.05, 0.1) is 17.9 Å². The molecule has 0 heterocycles. The van der Waals surface area contributed by atoms with Crippen molar-refractivity contribution in [2.75, 3.05) is 13.7 Å². The van der Waals surface area contributed by atoms with Gasteiger partial charge in [0.25, 0.3) is 0 Å². The lowest BCUT2D eigenvalue weighted by Crippen LogP contribution is -2.35. The van der Waals surface area contributed by atoms with Gasteiger partial charge >= 0.3 is 5.97 Å². The summed E-state index contributed by atoms with van der Waals surface area (Å²) in [4.78, 5) is 24.6. The Morgan fingerprint density at radius 1 is 1.27 bits per heavy atom. The molecule has 0 aromatic heterocycles. The number of hydrogen-bond acceptors (Lipinski definition) is 5. The van der Waals surface area contributed by atoms with Crippen molar-refractivity contribution in [3.8, 4) is 0 Å². The molecule has 1 unspecified atom stereocenters. The number of primary sulfonamides is 1. The van der Waals surface area contributed by atoms with Crippen LogP contribution in [0.4, 0.5) is 0 Å². The van der Waals surface area contributed by atoms with Crippen molar-refractivity contribution >= 4 is 21.9 Å². The zero-order valence-electron chi connectivity index (χ0n) is 12.8. The van der Waals surface area contributed by atoms with Gasteiger partial charge in [0.15, 0.2) is 0 Å². The summed E-state index contributed by atoms with van der Waals surface area (Å²) in [7, 11) is -2.45. The van der Waals surface area contributed by atoms with Gasteiger partial charge in [-0.25, -0.2) is 13.6 Å². The molecule has 0 fully saturated rings. The van der Waals surface area contributed by atoms with Crippen molar-refractivity contribution in [3.05, 3.63) is 29.8 Å². The first-order valence-electron chi connectivity index (χ1n) is 6.60. The molecule has 0 aliphatic carbocycles. The van der Waals surface area contributed by atoms with Crippen molar-refractivity contribution < 1.29 is 22.7 Å². The molecule has 7 nitrogen and oxygen atoms in total. The topological polar surface area (TPSA) is 107 Å². The Labute approximate surface area is 130 Å². The lowest BCUT2D eigenvalue weighted by atomic mass is 10.1. The molecular formula is C14H20N2O5S. The van der Waals surface area contributed by atoms with E-state index in [1.54, 1.807) is 19.1 Å². The summed E-state index contributed by atoms with van der Waals surface area (Å²) in [6, 6.07) is 5.93. The standard InChI is InChI=1S/C14H20N2O5S/c1-10(14(18)21-3)8-16(11(2)17)9-12-4-6-13(7-5-12)22(15,19)20/h4-7,10H,8-9H2,1-3H3,(H2,15,19,20). The third-order valence-electron chi connectivity index (χ3n) is 3.17. The summed E-state index contributed by atoms with van der Waals surface area (Å²) in [6.07, 6.45) is 0. The fourth-order valence-electron chi connectivity index (χ4n) is 1.92. The number of ether oxygens (including phenoxy) is 1. The average Bonchev–Trinajstić information content (AvgIpc) is 2.45. The summed E-state index contributed by atoms with van der Waals surface area (Å²) < 4.78 is 27.0. The van der Waals surface area contributed by atoms with Crippen LogP contribution in [0.2, 0.25) is 0 Å². The van der Waals surface area contributed by atoms with Crippen LogP contribution in [-0.2, 0) is 30.9 Å². The van der Waals surface area contributed by atoms with Crippen LogP contribution in [0.3, 0.4) is 0 Å². The smallest absolute Gasteiger partial charge is 0.310 e. The Balaban J connectivity index is 2.84. The minimum Gasteiger partial charge on any atom is -0.469 e. The van der Waals surface area contributed by atoms with E-state index in [1.807, 2.05) is 0 Å². The van der Waals surface area contributed by atoms with Crippen molar-refractivity contribution in [2.45, 2.75) is 25.3 Å². The van der Waals surface area contributed by atoms with Crippen LogP contribution in [0.5, 0.6) is 0 Å². The zero-order valence-corrected chi connectivity index (χ0v) is 13.6. The zero-order chi connectivity index (χ0) is 16.9. The summed E-state index contributed by atoms with van der Waals surface area (Å²) in [5.41, 5.74) is 0.736. The minimum absolute atomic E-state index is 0.00792. The van der Waals surface area contributed by atoms with E-state index in [1.165, 1.54) is 31.1 Å². The number of amides is 1. The Morgan fingerprint density at radius 3 is 2.23 bits per heavy atom. The molecule has 0 radical (unpaired) electrons. The predicted octanol–water partition coefficient (Wildman–Crippen LogP) is 0.492. The number of carbonyl (C=O) groups is 2. The van der Waals surface area contributed by atoms with Crippen LogP contribution in [0.15, 0.2) is 29.2 Å². The molecule has 0 bridgehead atoms. The highest BCUT2D eigenvalue weighted by atomic mass is 32.2. The number of methoxy groups -OCH3 is 1. The molecule has 122 valence electrons. The highest BCUT2D eigenvalue weighted by Crippen LogP contribution is 2.12. The van der Waals surface area contributed by atoms with Gasteiger partial charge in [-0.2, -0.15) is 0 Å². The predicted molar refractivity (Wildman–Crippen MR) is 80.1 cm³/mol. The second-order valence-corrected chi connectivity index (χ2v) is 6.57. The highest BCUT2D eigenvalue weighted by molar-refractivity contribution is 7.89. The van der Waals surface area contributed by atoms with Gasteiger partial charge in [-0.15, -0.1) is 0 Å². The Bertz CT molecular complexity index is 640. The van der Waals surface area contributed by atoms with E-state index in [4.69, 9.17) is 5.14 Å². The van der Waals surface area contributed by atoms with Gasteiger partial charge in [-0.3, -0.25) is 9.59 Å². The van der Waals surface area contributed by atoms with Crippen LogP contribution in [0, 0.1) is 5.92 Å². The quantitative estimate of drug-likeness (QED) is 0.765. The van der Waals surface area contributed by atoms with Crippen LogP contribution in [-0.4, -0.2) is 38.8 Å². The Kier molecular flexibility index (Phi) is 6.07. The van der Waals surface area contributed by atoms with Crippen molar-refractivity contribution in [1.29, 1.82) is 0 Å². The van der Waals surface area contributed by atoms with Gasteiger partial charge in [0.2, 0.25) is 15.9 Å². The molecule has 0 spiro atoms. The summed E-state index contributed by atoms with van der Waals surface area (Å²) in [5.74, 6) is -1.03. The number of rotatable bonds is 6. The number of nitrogens with two attached hydrogens (primary N) is 1. The number of benzene rings is 1. The fourth-order valence-corrected chi connectivity index (χ4v) is 2.43. The van der Waals surface area contributed by atoms with E-state index in [0.717, 1.165) is 5.56 Å². The monoisotopic (exact) mass is 328 g/mol. The lowest BCUT2D eigenvalue weighted by molar-refractivity contribution is -0.146. The molecule has 1 aromatic rings. The Hall–Kier alpha value is -1.93. The van der Waals surface area contributed by atoms with Crippen LogP contribution in [0.1, 0.15) is 19.4 Å². The first kappa shape index (κ1) is 18.1. The van der Waals surface area contributed by atoms with Crippen molar-refractivity contribution in [1.82, 2.24) is 4.90 Å². The van der Waals surface area contributed by atoms with E-state index in [-0.39, 0.29) is 23.9 Å². The SMILES string of the molecule is COC(=O)C(C)CN(Cc1ccc(S(N)(=O)=O)cc1)C(C)=O. The molecule has 1 atom stereocenters. The van der Waals surface area contributed by atoms with E-state index >= 15 is 0 Å². The van der Waals surface area contributed by atoms with Crippen LogP contribution >= 0.6 is 0 Å². The molecule has 2 N–H and O–H groups in total. The molecule has 0 saturated heterocycles. The fraction of sp³-hybridized carbons (Fsp3) is 0.429. The first-order valence-corrected chi connectivity index (χ1v) is 8.15. The number of nitrogens with zero attached hydrogens (tertiary/aromatic N) is 1. The minimum atomic E-state index is -3.74. The normalized spacial score (nSPS) is 12.5. The maximum Gasteiger partial charge on any atom is 0.310 e. The second kappa shape index (κ2) is 7.37. The van der Waals surface area contributed by atoms with Gasteiger partial charge in [-0.1, -0.05) is 19.1 Å². The molecule has 1 amide bonds. The number of hydrogen-bond donors (Lipinski definition) is 1. The summed E-state index contributed by atoms with van der Waals surface area (Å²) in [5, 5.41) is 5.03. The average molecular weight is 328 g/mol.